The summed E-state index contributed by atoms with van der Waals surface area (Å²) in [4.78, 5) is 87.8. The van der Waals surface area contributed by atoms with Crippen molar-refractivity contribution in [1.29, 1.82) is 0 Å². The van der Waals surface area contributed by atoms with Crippen molar-refractivity contribution in [3.05, 3.63) is 84.2 Å². The van der Waals surface area contributed by atoms with Gasteiger partial charge in [0, 0.05) is 0 Å². The monoisotopic (exact) mass is 1300 g/mol. The number of aryl methyl sites for hydroxylation is 3. The van der Waals surface area contributed by atoms with Crippen molar-refractivity contribution >= 4 is 50.6 Å². The van der Waals surface area contributed by atoms with E-state index in [9.17, 15) is 76.2 Å². The number of aromatic amines is 4. The van der Waals surface area contributed by atoms with Crippen molar-refractivity contribution < 1.29 is 96.4 Å². The molecule has 8 aromatic heterocycles. The standard InChI is InChI=1S/C13H12F2N4O4.C13H13FN4O5.C12H15FN4O5.C11H13F2N5O4.CH4/c1-3-12(14)10(22)13(15,4-20)23-11(12)19-5-16-7-8(19)17-6(2)18-9(7)21;1-3-12(22)10(21)13(14,4-19)23-11(12)18-5-15-7-8(18)16-6(2)17-9(7)20;1-5-15-7-6(8(19)16-5)14-4-17(7)10-11(2,21)9(20)12(13,3-18)22-10;1-10(12)7(21)11(13,2-19)22-8(10)18-3-15-4-5(18)16-9(14)17-6(4)20;/h1,5,10-11,20,22H,4H2,2H3,(H,17,18,21);1,5,10-11,19,21-22H,4H2,2H3,(H,16,17,20);4,9-10,18,20-21H,3H2,1-2H3,(H,15,16,19);3,7-8,19,21H,2H2,1H3,(H3,14,16,17,20);1H4/t2*10-,11+,12+,13+;9-,10+,11+,12+;7-,8+,10+,11+;/m0000./s1. The predicted molar refractivity (Wildman–Crippen MR) is 293 cm³/mol. The minimum atomic E-state index is -3.10. The van der Waals surface area contributed by atoms with Gasteiger partial charge in [-0.15, -0.1) is 12.8 Å². The number of rotatable bonds is 8. The number of nitrogens with zero attached hydrogens (tertiary/aromatic N) is 12. The zero-order valence-electron chi connectivity index (χ0n) is 46.9. The van der Waals surface area contributed by atoms with Gasteiger partial charge in [-0.05, 0) is 34.6 Å². The number of anilines is 1. The molecule has 12 rings (SSSR count). The first-order valence-corrected chi connectivity index (χ1v) is 25.9. The lowest BCUT2D eigenvalue weighted by molar-refractivity contribution is -0.206. The van der Waals surface area contributed by atoms with Crippen LogP contribution in [0.2, 0.25) is 0 Å². The average Bonchev–Trinajstić information content (AvgIpc) is 1.60. The van der Waals surface area contributed by atoms with Crippen LogP contribution in [0.1, 0.15) is 63.7 Å². The van der Waals surface area contributed by atoms with Crippen molar-refractivity contribution in [2.75, 3.05) is 32.2 Å². The summed E-state index contributed by atoms with van der Waals surface area (Å²) >= 11 is 0. The van der Waals surface area contributed by atoms with E-state index in [-0.39, 0.29) is 69.7 Å². The number of terminal acetylenes is 2. The molecule has 12 heterocycles. The zero-order valence-corrected chi connectivity index (χ0v) is 46.9. The van der Waals surface area contributed by atoms with Gasteiger partial charge in [-0.25, -0.2) is 61.2 Å². The summed E-state index contributed by atoms with van der Waals surface area (Å²) in [6.45, 7) is 1.70. The molecular weight excluding hydrogens is 1240 g/mol. The normalized spacial score (nSPS) is 34.2. The molecule has 91 heavy (non-hydrogen) atoms. The Morgan fingerprint density at radius 3 is 1.21 bits per heavy atom. The Labute approximate surface area is 502 Å². The molecule has 4 aliphatic heterocycles. The Morgan fingerprint density at radius 1 is 0.505 bits per heavy atom. The second kappa shape index (κ2) is 23.5. The Hall–Kier alpha value is -8.66. The van der Waals surface area contributed by atoms with Crippen molar-refractivity contribution in [2.24, 2.45) is 0 Å². The molecule has 8 aromatic rings. The summed E-state index contributed by atoms with van der Waals surface area (Å²) < 4.78 is 111. The zero-order chi connectivity index (χ0) is 66.6. The van der Waals surface area contributed by atoms with E-state index < -0.39 is 144 Å². The van der Waals surface area contributed by atoms with Gasteiger partial charge in [0.05, 0.1) is 25.3 Å². The number of imidazole rings is 4. The van der Waals surface area contributed by atoms with Crippen molar-refractivity contribution in [1.82, 2.24) is 78.1 Å². The van der Waals surface area contributed by atoms with Crippen LogP contribution in [-0.2, 0) is 18.9 Å². The fourth-order valence-corrected chi connectivity index (χ4v) is 10.2. The summed E-state index contributed by atoms with van der Waals surface area (Å²) in [7, 11) is 0. The lowest BCUT2D eigenvalue weighted by atomic mass is 9.94. The predicted octanol–water partition coefficient (Wildman–Crippen LogP) is -4.00. The molecule has 0 saturated carbocycles. The molecule has 4 fully saturated rings. The number of alkyl halides is 6. The largest absolute Gasteiger partial charge is 0.390 e. The first-order chi connectivity index (χ1) is 41.9. The van der Waals surface area contributed by atoms with E-state index in [4.69, 9.17) is 58.0 Å². The highest BCUT2D eigenvalue weighted by atomic mass is 19.2. The molecule has 0 aliphatic carbocycles. The molecule has 16 atom stereocenters. The molecule has 35 nitrogen and oxygen atoms in total. The highest BCUT2D eigenvalue weighted by molar-refractivity contribution is 5.72. The quantitative estimate of drug-likeness (QED) is 0.0509. The number of nitrogen functional groups attached to an aromatic ring is 1. The van der Waals surface area contributed by atoms with Gasteiger partial charge in [0.2, 0.25) is 17.2 Å². The van der Waals surface area contributed by atoms with Crippen LogP contribution in [0.15, 0.2) is 44.5 Å². The number of H-pyrrole nitrogens is 4. The van der Waals surface area contributed by atoms with Crippen LogP contribution < -0.4 is 28.0 Å². The Kier molecular flexibility index (Phi) is 17.7. The molecule has 0 amide bonds. The summed E-state index contributed by atoms with van der Waals surface area (Å²) in [5, 5.41) is 96.4. The first kappa shape index (κ1) is 68.3. The number of aliphatic hydroxyl groups is 10. The summed E-state index contributed by atoms with van der Waals surface area (Å²) in [6.07, 6.45) is -0.925. The molecule has 0 aromatic carbocycles. The number of ether oxygens (including phenoxy) is 4. The Morgan fingerprint density at radius 2 is 0.824 bits per heavy atom. The summed E-state index contributed by atoms with van der Waals surface area (Å²) in [6, 6.07) is 0. The topological polar surface area (TPSA) is 520 Å². The third-order valence-corrected chi connectivity index (χ3v) is 14.9. The second-order valence-electron chi connectivity index (χ2n) is 21.2. The van der Waals surface area contributed by atoms with Gasteiger partial charge >= 0.3 is 0 Å². The van der Waals surface area contributed by atoms with E-state index >= 15 is 0 Å². The number of nitrogens with two attached hydrogens (primary N) is 1. The fraction of sp³-hybridized carbons (Fsp3) is 0.520. The smallest absolute Gasteiger partial charge is 0.280 e. The molecule has 0 bridgehead atoms. The van der Waals surface area contributed by atoms with Gasteiger partial charge in [0.15, 0.2) is 93.5 Å². The van der Waals surface area contributed by atoms with Crippen LogP contribution in [0.3, 0.4) is 0 Å². The number of nitrogens with one attached hydrogen (secondary N) is 4. The number of fused-ring (bicyclic) bond motifs is 4. The lowest BCUT2D eigenvalue weighted by Crippen LogP contribution is -2.49. The van der Waals surface area contributed by atoms with E-state index in [1.54, 1.807) is 12.8 Å². The summed E-state index contributed by atoms with van der Waals surface area (Å²) in [5.41, 5.74) is -7.56. The van der Waals surface area contributed by atoms with Crippen LogP contribution in [-0.4, -0.2) is 226 Å². The number of hydrogen-bond donors (Lipinski definition) is 15. The second-order valence-corrected chi connectivity index (χ2v) is 21.2. The molecule has 0 spiro atoms. The minimum absolute atomic E-state index is 0. The molecular formula is C50H57F6N17O18. The molecule has 4 saturated heterocycles. The molecule has 4 aliphatic rings. The number of aromatic nitrogens is 16. The van der Waals surface area contributed by atoms with E-state index in [1.165, 1.54) is 13.8 Å². The average molecular weight is 1300 g/mol. The van der Waals surface area contributed by atoms with Gasteiger partial charge < -0.3 is 90.7 Å². The van der Waals surface area contributed by atoms with Crippen LogP contribution in [0.4, 0.5) is 32.3 Å². The van der Waals surface area contributed by atoms with E-state index in [1.807, 2.05) is 5.92 Å². The van der Waals surface area contributed by atoms with Crippen molar-refractivity contribution in [3.63, 3.8) is 0 Å². The number of halogens is 6. The van der Waals surface area contributed by atoms with E-state index in [2.05, 4.69) is 59.8 Å². The Bertz CT molecular complexity index is 4160. The SMILES string of the molecule is C.C#C[C@]1(F)[C@H](n2cnc3c(=O)[nH]c(C)nc32)O[C@](F)(CO)[C@H]1O.C#C[C@]1(O)[C@H](n2cnc3c(=O)[nH]c(C)nc32)O[C@](F)(CO)[C@H]1O.C[C@]1(F)[C@H](n2cnc3c(=O)[nH]c(N)nc32)O[C@](F)(CO)[C@H]1O.Cc1nc2c(ncn2[C@@H]2O[C@](F)(CO)[C@@H](O)[C@@]2(C)O)c(=O)[nH]1. The van der Waals surface area contributed by atoms with Crippen LogP contribution in [0.25, 0.3) is 44.7 Å². The maximum atomic E-state index is 14.9. The van der Waals surface area contributed by atoms with Crippen molar-refractivity contribution in [2.45, 2.75) is 137 Å². The highest BCUT2D eigenvalue weighted by Gasteiger charge is 2.68. The van der Waals surface area contributed by atoms with Crippen LogP contribution in [0, 0.1) is 45.5 Å². The Balaban J connectivity index is 0.000000156. The van der Waals surface area contributed by atoms with Gasteiger partial charge in [0.25, 0.3) is 45.7 Å². The molecule has 16 N–H and O–H groups in total. The third kappa shape index (κ3) is 10.8. The van der Waals surface area contributed by atoms with E-state index in [0.29, 0.717) is 5.82 Å². The van der Waals surface area contributed by atoms with Gasteiger partial charge in [-0.2, -0.15) is 4.98 Å². The molecule has 492 valence electrons. The third-order valence-electron chi connectivity index (χ3n) is 14.9. The first-order valence-electron chi connectivity index (χ1n) is 25.9. The molecule has 0 radical (unpaired) electrons. The number of aliphatic hydroxyl groups excluding tert-OH is 8. The molecule has 0 unspecified atom stereocenters. The van der Waals surface area contributed by atoms with Crippen LogP contribution in [0.5, 0.6) is 0 Å². The van der Waals surface area contributed by atoms with Gasteiger partial charge in [0.1, 0.15) is 55.6 Å². The summed E-state index contributed by atoms with van der Waals surface area (Å²) in [5.74, 6) is -7.84. The van der Waals surface area contributed by atoms with Gasteiger partial charge in [-0.1, -0.05) is 19.3 Å². The van der Waals surface area contributed by atoms with E-state index in [0.717, 1.165) is 57.4 Å². The maximum Gasteiger partial charge on any atom is 0.280 e. The minimum Gasteiger partial charge on any atom is -0.390 e. The maximum absolute atomic E-state index is 14.9. The molecule has 41 heteroatoms. The number of hydrogen-bond acceptors (Lipinski definition) is 27. The van der Waals surface area contributed by atoms with Crippen LogP contribution >= 0.6 is 0 Å². The lowest BCUT2D eigenvalue weighted by Gasteiger charge is -2.27. The van der Waals surface area contributed by atoms with Gasteiger partial charge in [-0.3, -0.25) is 42.4 Å². The fourth-order valence-electron chi connectivity index (χ4n) is 10.2. The highest BCUT2D eigenvalue weighted by Crippen LogP contribution is 2.50. The van der Waals surface area contributed by atoms with Crippen molar-refractivity contribution in [3.8, 4) is 24.7 Å².